The third-order valence-corrected chi connectivity index (χ3v) is 3.74. The Kier molecular flexibility index (Phi) is 4.26. The van der Waals surface area contributed by atoms with Crippen molar-refractivity contribution in [2.75, 3.05) is 22.9 Å². The topological polar surface area (TPSA) is 123 Å². The minimum atomic E-state index is 0.466. The Labute approximate surface area is 145 Å². The van der Waals surface area contributed by atoms with Crippen LogP contribution < -0.4 is 32.4 Å². The van der Waals surface area contributed by atoms with E-state index < -0.39 is 0 Å². The van der Waals surface area contributed by atoms with E-state index in [2.05, 4.69) is 0 Å². The Balaban J connectivity index is 1.89. The number of hydrogen-bond acceptors (Lipinski definition) is 6. The molecule has 3 aromatic rings. The molecule has 3 aromatic carbocycles. The van der Waals surface area contributed by atoms with Crippen molar-refractivity contribution in [3.8, 4) is 23.0 Å². The minimum Gasteiger partial charge on any atom is -0.455 e. The van der Waals surface area contributed by atoms with Gasteiger partial charge in [0.25, 0.3) is 0 Å². The molecular weight excluding hydrogens is 316 g/mol. The van der Waals surface area contributed by atoms with Gasteiger partial charge in [-0.2, -0.15) is 0 Å². The average molecular weight is 336 g/mol. The molecule has 0 bridgehead atoms. The second-order valence-electron chi connectivity index (χ2n) is 5.68. The van der Waals surface area contributed by atoms with Gasteiger partial charge in [-0.3, -0.25) is 0 Å². The van der Waals surface area contributed by atoms with Crippen molar-refractivity contribution in [2.24, 2.45) is 0 Å². The van der Waals surface area contributed by atoms with Crippen LogP contribution in [0.1, 0.15) is 5.56 Å². The van der Waals surface area contributed by atoms with Crippen LogP contribution in [0.15, 0.2) is 54.6 Å². The third-order valence-electron chi connectivity index (χ3n) is 3.74. The zero-order valence-electron chi connectivity index (χ0n) is 13.8. The Bertz CT molecular complexity index is 854. The number of nitrogen functional groups attached to an aromatic ring is 4. The average Bonchev–Trinajstić information content (AvgIpc) is 2.56. The molecule has 25 heavy (non-hydrogen) atoms. The fraction of sp³-hybridized carbons (Fsp3) is 0.0526. The number of rotatable bonds is 4. The number of ether oxygens (including phenoxy) is 2. The van der Waals surface area contributed by atoms with E-state index in [0.717, 1.165) is 5.56 Å². The van der Waals surface area contributed by atoms with Crippen molar-refractivity contribution in [1.82, 2.24) is 0 Å². The first-order valence-electron chi connectivity index (χ1n) is 7.69. The smallest absolute Gasteiger partial charge is 0.150 e. The monoisotopic (exact) mass is 336 g/mol. The summed E-state index contributed by atoms with van der Waals surface area (Å²) in [5.74, 6) is 2.31. The minimum absolute atomic E-state index is 0.466. The van der Waals surface area contributed by atoms with E-state index in [1.807, 2.05) is 25.1 Å². The van der Waals surface area contributed by atoms with Crippen LogP contribution in [0.4, 0.5) is 22.7 Å². The number of hydrogen-bond donors (Lipinski definition) is 4. The van der Waals surface area contributed by atoms with Crippen LogP contribution in [0.5, 0.6) is 23.0 Å². The SMILES string of the molecule is Cc1c(Oc2ccc(N)cc2N)cccc1Oc1ccc(N)cc1N. The second kappa shape index (κ2) is 6.52. The summed E-state index contributed by atoms with van der Waals surface area (Å²) in [6.07, 6.45) is 0. The quantitative estimate of drug-likeness (QED) is 0.536. The molecule has 0 heterocycles. The Morgan fingerprint density at radius 1 is 0.600 bits per heavy atom. The number of nitrogens with two attached hydrogens (primary N) is 4. The lowest BCUT2D eigenvalue weighted by molar-refractivity contribution is 0.456. The molecule has 0 spiro atoms. The van der Waals surface area contributed by atoms with Gasteiger partial charge in [-0.05, 0) is 55.5 Å². The van der Waals surface area contributed by atoms with Gasteiger partial charge in [-0.15, -0.1) is 0 Å². The van der Waals surface area contributed by atoms with E-state index in [0.29, 0.717) is 45.7 Å². The molecule has 6 nitrogen and oxygen atoms in total. The molecular formula is C19H20N4O2. The summed E-state index contributed by atoms with van der Waals surface area (Å²) in [4.78, 5) is 0. The van der Waals surface area contributed by atoms with Crippen LogP contribution in [0.25, 0.3) is 0 Å². The molecule has 0 aliphatic heterocycles. The largest absolute Gasteiger partial charge is 0.455 e. The van der Waals surface area contributed by atoms with Gasteiger partial charge >= 0.3 is 0 Å². The van der Waals surface area contributed by atoms with Gasteiger partial charge in [0.2, 0.25) is 0 Å². The van der Waals surface area contributed by atoms with Crippen LogP contribution >= 0.6 is 0 Å². The van der Waals surface area contributed by atoms with E-state index in [1.165, 1.54) is 0 Å². The number of benzene rings is 3. The molecule has 0 atom stereocenters. The predicted octanol–water partition coefficient (Wildman–Crippen LogP) is 3.91. The van der Waals surface area contributed by atoms with Crippen molar-refractivity contribution < 1.29 is 9.47 Å². The lowest BCUT2D eigenvalue weighted by Gasteiger charge is -2.15. The maximum absolute atomic E-state index is 5.95. The Morgan fingerprint density at radius 3 is 1.44 bits per heavy atom. The molecule has 0 unspecified atom stereocenters. The molecule has 0 aliphatic carbocycles. The van der Waals surface area contributed by atoms with E-state index >= 15 is 0 Å². The van der Waals surface area contributed by atoms with Crippen LogP contribution in [0.3, 0.4) is 0 Å². The molecule has 0 saturated heterocycles. The Morgan fingerprint density at radius 2 is 1.04 bits per heavy atom. The van der Waals surface area contributed by atoms with Crippen molar-refractivity contribution in [2.45, 2.75) is 6.92 Å². The van der Waals surface area contributed by atoms with Crippen LogP contribution in [0.2, 0.25) is 0 Å². The highest BCUT2D eigenvalue weighted by Crippen LogP contribution is 2.37. The van der Waals surface area contributed by atoms with E-state index in [9.17, 15) is 0 Å². The van der Waals surface area contributed by atoms with Crippen LogP contribution in [-0.2, 0) is 0 Å². The first kappa shape index (κ1) is 16.3. The zero-order valence-corrected chi connectivity index (χ0v) is 13.8. The van der Waals surface area contributed by atoms with Gasteiger partial charge in [-0.1, -0.05) is 6.07 Å². The summed E-state index contributed by atoms with van der Waals surface area (Å²) >= 11 is 0. The van der Waals surface area contributed by atoms with Gasteiger partial charge < -0.3 is 32.4 Å². The van der Waals surface area contributed by atoms with Crippen molar-refractivity contribution in [3.63, 3.8) is 0 Å². The molecule has 6 heteroatoms. The number of anilines is 4. The van der Waals surface area contributed by atoms with Crippen LogP contribution in [0, 0.1) is 6.92 Å². The second-order valence-corrected chi connectivity index (χ2v) is 5.68. The molecule has 0 aromatic heterocycles. The van der Waals surface area contributed by atoms with Gasteiger partial charge in [0.1, 0.15) is 23.0 Å². The van der Waals surface area contributed by atoms with Crippen molar-refractivity contribution in [1.29, 1.82) is 0 Å². The first-order valence-corrected chi connectivity index (χ1v) is 7.69. The zero-order chi connectivity index (χ0) is 18.0. The summed E-state index contributed by atoms with van der Waals surface area (Å²) in [7, 11) is 0. The highest BCUT2D eigenvalue weighted by atomic mass is 16.5. The molecule has 8 N–H and O–H groups in total. The van der Waals surface area contributed by atoms with E-state index in [1.54, 1.807) is 36.4 Å². The van der Waals surface area contributed by atoms with Crippen molar-refractivity contribution in [3.05, 3.63) is 60.2 Å². The highest BCUT2D eigenvalue weighted by molar-refractivity contribution is 5.63. The normalized spacial score (nSPS) is 10.4. The lowest BCUT2D eigenvalue weighted by Crippen LogP contribution is -1.98. The molecule has 0 fully saturated rings. The van der Waals surface area contributed by atoms with Gasteiger partial charge in [0.15, 0.2) is 0 Å². The van der Waals surface area contributed by atoms with Gasteiger partial charge in [0, 0.05) is 16.9 Å². The van der Waals surface area contributed by atoms with E-state index in [-0.39, 0.29) is 0 Å². The molecule has 0 saturated carbocycles. The maximum atomic E-state index is 5.95. The fourth-order valence-electron chi connectivity index (χ4n) is 2.37. The summed E-state index contributed by atoms with van der Waals surface area (Å²) in [5, 5.41) is 0. The fourth-order valence-corrected chi connectivity index (χ4v) is 2.37. The third kappa shape index (κ3) is 3.53. The maximum Gasteiger partial charge on any atom is 0.150 e. The summed E-state index contributed by atoms with van der Waals surface area (Å²) in [6.45, 7) is 1.89. The van der Waals surface area contributed by atoms with Gasteiger partial charge in [-0.25, -0.2) is 0 Å². The summed E-state index contributed by atoms with van der Waals surface area (Å²) in [6, 6.07) is 15.7. The molecule has 0 amide bonds. The Hall–Kier alpha value is -3.54. The molecule has 0 aliphatic rings. The summed E-state index contributed by atoms with van der Waals surface area (Å²) < 4.78 is 11.8. The highest BCUT2D eigenvalue weighted by Gasteiger charge is 2.11. The summed E-state index contributed by atoms with van der Waals surface area (Å²) in [5.41, 5.74) is 26.2. The molecule has 3 rings (SSSR count). The molecule has 128 valence electrons. The lowest BCUT2D eigenvalue weighted by atomic mass is 10.2. The first-order chi connectivity index (χ1) is 11.9. The predicted molar refractivity (Wildman–Crippen MR) is 102 cm³/mol. The van der Waals surface area contributed by atoms with Crippen molar-refractivity contribution >= 4 is 22.7 Å². The standard InChI is InChI=1S/C19H20N4O2/c1-11-16(24-18-7-5-12(20)9-14(18)22)3-2-4-17(11)25-19-8-6-13(21)10-15(19)23/h2-10H,20-23H2,1H3. The van der Waals surface area contributed by atoms with Crippen LogP contribution in [-0.4, -0.2) is 0 Å². The van der Waals surface area contributed by atoms with Gasteiger partial charge in [0.05, 0.1) is 11.4 Å². The molecule has 0 radical (unpaired) electrons. The van der Waals surface area contributed by atoms with E-state index in [4.69, 9.17) is 32.4 Å².